The normalized spacial score (nSPS) is 17.8. The van der Waals surface area contributed by atoms with E-state index in [2.05, 4.69) is 4.98 Å². The first-order valence-electron chi connectivity index (χ1n) is 4.22. The smallest absolute Gasteiger partial charge is 0.288 e. The summed E-state index contributed by atoms with van der Waals surface area (Å²) in [4.78, 5) is 13.8. The Bertz CT molecular complexity index is 400. The standard InChI is InChI=1S/C8H10N4O2/c9-7-6(8(10)1-2-8)3-5(4-11-7)12(13)14/h3-4H,1-2,10H2,(H2,9,11). The second-order valence-electron chi connectivity index (χ2n) is 3.54. The van der Waals surface area contributed by atoms with Crippen molar-refractivity contribution >= 4 is 11.5 Å². The molecule has 14 heavy (non-hydrogen) atoms. The zero-order chi connectivity index (χ0) is 10.3. The minimum atomic E-state index is -0.498. The Morgan fingerprint density at radius 1 is 1.57 bits per heavy atom. The van der Waals surface area contributed by atoms with Crippen molar-refractivity contribution in [1.29, 1.82) is 0 Å². The van der Waals surface area contributed by atoms with Crippen molar-refractivity contribution in [2.45, 2.75) is 18.4 Å². The van der Waals surface area contributed by atoms with Crippen molar-refractivity contribution < 1.29 is 4.92 Å². The first-order valence-corrected chi connectivity index (χ1v) is 4.22. The van der Waals surface area contributed by atoms with Gasteiger partial charge in [-0.05, 0) is 12.8 Å². The Labute approximate surface area is 80.1 Å². The molecule has 2 rings (SSSR count). The minimum absolute atomic E-state index is 0.0640. The largest absolute Gasteiger partial charge is 0.383 e. The molecular weight excluding hydrogens is 184 g/mol. The number of nitro groups is 1. The number of nitrogens with two attached hydrogens (primary N) is 2. The number of hydrogen-bond donors (Lipinski definition) is 2. The van der Waals surface area contributed by atoms with Crippen LogP contribution >= 0.6 is 0 Å². The lowest BCUT2D eigenvalue weighted by Gasteiger charge is -2.10. The number of nitrogen functional groups attached to an aromatic ring is 1. The fourth-order valence-electron chi connectivity index (χ4n) is 1.37. The molecule has 1 aromatic rings. The van der Waals surface area contributed by atoms with Crippen LogP contribution in [0.15, 0.2) is 12.3 Å². The van der Waals surface area contributed by atoms with Crippen molar-refractivity contribution in [2.75, 3.05) is 5.73 Å². The van der Waals surface area contributed by atoms with E-state index in [1.165, 1.54) is 6.07 Å². The SMILES string of the molecule is Nc1ncc([N+](=O)[O-])cc1C1(N)CC1. The number of anilines is 1. The summed E-state index contributed by atoms with van der Waals surface area (Å²) in [5, 5.41) is 10.5. The molecule has 0 bridgehead atoms. The van der Waals surface area contributed by atoms with Crippen LogP contribution in [0, 0.1) is 10.1 Å². The first kappa shape index (κ1) is 8.89. The molecule has 0 radical (unpaired) electrons. The van der Waals surface area contributed by atoms with E-state index in [4.69, 9.17) is 11.5 Å². The summed E-state index contributed by atoms with van der Waals surface area (Å²) in [6, 6.07) is 1.41. The molecule has 6 nitrogen and oxygen atoms in total. The van der Waals surface area contributed by atoms with Crippen molar-refractivity contribution in [3.63, 3.8) is 0 Å². The second-order valence-corrected chi connectivity index (χ2v) is 3.54. The van der Waals surface area contributed by atoms with Crippen LogP contribution in [0.2, 0.25) is 0 Å². The maximum absolute atomic E-state index is 10.5. The topological polar surface area (TPSA) is 108 Å². The van der Waals surface area contributed by atoms with Gasteiger partial charge in [0, 0.05) is 17.2 Å². The molecule has 0 amide bonds. The lowest BCUT2D eigenvalue weighted by atomic mass is 10.1. The highest BCUT2D eigenvalue weighted by molar-refractivity contribution is 5.51. The predicted molar refractivity (Wildman–Crippen MR) is 50.4 cm³/mol. The van der Waals surface area contributed by atoms with E-state index < -0.39 is 10.5 Å². The van der Waals surface area contributed by atoms with Crippen LogP contribution in [0.4, 0.5) is 11.5 Å². The van der Waals surface area contributed by atoms with Gasteiger partial charge in [-0.3, -0.25) is 10.1 Å². The Balaban J connectivity index is 2.48. The molecule has 1 aromatic heterocycles. The van der Waals surface area contributed by atoms with E-state index in [0.717, 1.165) is 19.0 Å². The molecule has 6 heteroatoms. The second kappa shape index (κ2) is 2.65. The van der Waals surface area contributed by atoms with Gasteiger partial charge in [-0.15, -0.1) is 0 Å². The van der Waals surface area contributed by atoms with Gasteiger partial charge in [-0.1, -0.05) is 0 Å². The van der Waals surface area contributed by atoms with Gasteiger partial charge in [0.1, 0.15) is 12.0 Å². The maximum Gasteiger partial charge on any atom is 0.288 e. The summed E-state index contributed by atoms with van der Waals surface area (Å²) < 4.78 is 0. The Kier molecular flexibility index (Phi) is 1.68. The van der Waals surface area contributed by atoms with Gasteiger partial charge in [-0.25, -0.2) is 4.98 Å². The van der Waals surface area contributed by atoms with Gasteiger partial charge < -0.3 is 11.5 Å². The monoisotopic (exact) mass is 194 g/mol. The molecule has 1 heterocycles. The lowest BCUT2D eigenvalue weighted by Crippen LogP contribution is -2.21. The summed E-state index contributed by atoms with van der Waals surface area (Å²) >= 11 is 0. The average Bonchev–Trinajstić information content (AvgIpc) is 2.85. The third-order valence-corrected chi connectivity index (χ3v) is 2.44. The van der Waals surface area contributed by atoms with Crippen LogP contribution < -0.4 is 11.5 Å². The Morgan fingerprint density at radius 3 is 2.71 bits per heavy atom. The van der Waals surface area contributed by atoms with Crippen LogP contribution in [0.1, 0.15) is 18.4 Å². The molecule has 1 aliphatic rings. The summed E-state index contributed by atoms with van der Waals surface area (Å²) in [6.07, 6.45) is 2.75. The molecule has 4 N–H and O–H groups in total. The van der Waals surface area contributed by atoms with Crippen molar-refractivity contribution in [3.8, 4) is 0 Å². The molecule has 0 spiro atoms. The average molecular weight is 194 g/mol. The number of pyridine rings is 1. The number of aromatic nitrogens is 1. The summed E-state index contributed by atoms with van der Waals surface area (Å²) in [7, 11) is 0. The molecule has 1 saturated carbocycles. The van der Waals surface area contributed by atoms with E-state index >= 15 is 0 Å². The van der Waals surface area contributed by atoms with Gasteiger partial charge in [0.2, 0.25) is 0 Å². The van der Waals surface area contributed by atoms with Crippen LogP contribution in [0.5, 0.6) is 0 Å². The fraction of sp³-hybridized carbons (Fsp3) is 0.375. The van der Waals surface area contributed by atoms with Gasteiger partial charge in [0.05, 0.1) is 4.92 Å². The lowest BCUT2D eigenvalue weighted by molar-refractivity contribution is -0.385. The van der Waals surface area contributed by atoms with E-state index in [9.17, 15) is 10.1 Å². The third-order valence-electron chi connectivity index (χ3n) is 2.44. The molecular formula is C8H10N4O2. The summed E-state index contributed by atoms with van der Waals surface area (Å²) in [6.45, 7) is 0. The minimum Gasteiger partial charge on any atom is -0.383 e. The maximum atomic E-state index is 10.5. The van der Waals surface area contributed by atoms with E-state index in [1.807, 2.05) is 0 Å². The van der Waals surface area contributed by atoms with E-state index in [-0.39, 0.29) is 11.5 Å². The molecule has 74 valence electrons. The van der Waals surface area contributed by atoms with E-state index in [1.54, 1.807) is 0 Å². The van der Waals surface area contributed by atoms with E-state index in [0.29, 0.717) is 5.56 Å². The highest BCUT2D eigenvalue weighted by atomic mass is 16.6. The third kappa shape index (κ3) is 1.29. The number of nitrogens with zero attached hydrogens (tertiary/aromatic N) is 2. The summed E-state index contributed by atoms with van der Waals surface area (Å²) in [5.74, 6) is 0.288. The zero-order valence-corrected chi connectivity index (χ0v) is 7.43. The van der Waals surface area contributed by atoms with Crippen LogP contribution in [-0.4, -0.2) is 9.91 Å². The van der Waals surface area contributed by atoms with Crippen LogP contribution in [-0.2, 0) is 5.54 Å². The van der Waals surface area contributed by atoms with Crippen LogP contribution in [0.3, 0.4) is 0 Å². The zero-order valence-electron chi connectivity index (χ0n) is 7.43. The summed E-state index contributed by atoms with van der Waals surface area (Å²) in [5.41, 5.74) is 11.5. The molecule has 1 fully saturated rings. The first-order chi connectivity index (χ1) is 6.53. The Morgan fingerprint density at radius 2 is 2.21 bits per heavy atom. The highest BCUT2D eigenvalue weighted by Gasteiger charge is 2.42. The van der Waals surface area contributed by atoms with Gasteiger partial charge in [0.15, 0.2) is 0 Å². The van der Waals surface area contributed by atoms with Gasteiger partial charge >= 0.3 is 0 Å². The van der Waals surface area contributed by atoms with Crippen molar-refractivity contribution in [3.05, 3.63) is 27.9 Å². The number of hydrogen-bond acceptors (Lipinski definition) is 5. The molecule has 0 aromatic carbocycles. The molecule has 0 unspecified atom stereocenters. The Hall–Kier alpha value is -1.69. The van der Waals surface area contributed by atoms with Crippen LogP contribution in [0.25, 0.3) is 0 Å². The van der Waals surface area contributed by atoms with Crippen molar-refractivity contribution in [1.82, 2.24) is 4.98 Å². The highest BCUT2D eigenvalue weighted by Crippen LogP contribution is 2.45. The fourth-order valence-corrected chi connectivity index (χ4v) is 1.37. The molecule has 0 aliphatic heterocycles. The molecule has 0 saturated heterocycles. The quantitative estimate of drug-likeness (QED) is 0.527. The predicted octanol–water partition coefficient (Wildman–Crippen LogP) is 0.520. The van der Waals surface area contributed by atoms with Crippen molar-refractivity contribution in [2.24, 2.45) is 5.73 Å². The molecule has 1 aliphatic carbocycles. The van der Waals surface area contributed by atoms with Gasteiger partial charge in [0.25, 0.3) is 5.69 Å². The number of rotatable bonds is 2. The molecule has 0 atom stereocenters. The van der Waals surface area contributed by atoms with Gasteiger partial charge in [-0.2, -0.15) is 0 Å².